The van der Waals surface area contributed by atoms with Gasteiger partial charge in [-0.05, 0) is 37.3 Å². The second-order valence-corrected chi connectivity index (χ2v) is 4.55. The molecule has 4 heteroatoms. The second kappa shape index (κ2) is 3.98. The van der Waals surface area contributed by atoms with Crippen molar-refractivity contribution in [3.8, 4) is 0 Å². The van der Waals surface area contributed by atoms with Crippen LogP contribution in [0.5, 0.6) is 0 Å². The fourth-order valence-electron chi connectivity index (χ4n) is 2.30. The molecule has 0 amide bonds. The molecule has 3 aromatic rings. The Kier molecular flexibility index (Phi) is 2.44. The van der Waals surface area contributed by atoms with Crippen molar-refractivity contribution in [3.05, 3.63) is 53.7 Å². The number of aromatic nitrogens is 3. The van der Waals surface area contributed by atoms with Crippen LogP contribution in [0.2, 0.25) is 0 Å². The van der Waals surface area contributed by atoms with Gasteiger partial charge in [-0.2, -0.15) is 5.10 Å². The third kappa shape index (κ3) is 1.79. The molecule has 0 unspecified atom stereocenters. The van der Waals surface area contributed by atoms with Crippen molar-refractivity contribution in [3.63, 3.8) is 0 Å². The third-order valence-electron chi connectivity index (χ3n) is 3.16. The van der Waals surface area contributed by atoms with E-state index in [4.69, 9.17) is 0 Å². The first-order chi connectivity index (χ1) is 8.63. The van der Waals surface area contributed by atoms with E-state index in [1.165, 1.54) is 6.07 Å². The molecule has 2 heterocycles. The molecule has 0 atom stereocenters. The van der Waals surface area contributed by atoms with Crippen LogP contribution in [0.25, 0.3) is 10.9 Å². The SMILES string of the molecule is Cc1cc(Cn2ccc3cc(F)ccc32)n(C)n1. The van der Waals surface area contributed by atoms with Gasteiger partial charge in [0.05, 0.1) is 17.9 Å². The number of hydrogen-bond acceptors (Lipinski definition) is 1. The van der Waals surface area contributed by atoms with Crippen LogP contribution in [-0.2, 0) is 13.6 Å². The number of rotatable bonds is 2. The predicted octanol–water partition coefficient (Wildman–Crippen LogP) is 2.87. The van der Waals surface area contributed by atoms with E-state index in [1.54, 1.807) is 6.07 Å². The highest BCUT2D eigenvalue weighted by molar-refractivity contribution is 5.80. The van der Waals surface area contributed by atoms with E-state index in [0.29, 0.717) is 0 Å². The lowest BCUT2D eigenvalue weighted by Crippen LogP contribution is -2.04. The largest absolute Gasteiger partial charge is 0.341 e. The average molecular weight is 243 g/mol. The Bertz CT molecular complexity index is 709. The highest BCUT2D eigenvalue weighted by Crippen LogP contribution is 2.18. The van der Waals surface area contributed by atoms with Gasteiger partial charge in [0.1, 0.15) is 5.82 Å². The van der Waals surface area contributed by atoms with E-state index < -0.39 is 0 Å². The van der Waals surface area contributed by atoms with Crippen LogP contribution in [-0.4, -0.2) is 14.3 Å². The number of halogens is 1. The molecule has 0 aliphatic rings. The van der Waals surface area contributed by atoms with E-state index in [0.717, 1.165) is 28.8 Å². The summed E-state index contributed by atoms with van der Waals surface area (Å²) in [4.78, 5) is 0. The first-order valence-corrected chi connectivity index (χ1v) is 5.87. The van der Waals surface area contributed by atoms with Crippen LogP contribution in [0.3, 0.4) is 0 Å². The quantitative estimate of drug-likeness (QED) is 0.678. The van der Waals surface area contributed by atoms with Crippen molar-refractivity contribution in [2.45, 2.75) is 13.5 Å². The van der Waals surface area contributed by atoms with Crippen molar-refractivity contribution >= 4 is 10.9 Å². The predicted molar refractivity (Wildman–Crippen MR) is 68.9 cm³/mol. The molecule has 0 aliphatic heterocycles. The fourth-order valence-corrected chi connectivity index (χ4v) is 2.30. The molecule has 2 aromatic heterocycles. The molecule has 92 valence electrons. The molecule has 0 N–H and O–H groups in total. The van der Waals surface area contributed by atoms with Gasteiger partial charge in [0.25, 0.3) is 0 Å². The minimum absolute atomic E-state index is 0.198. The summed E-state index contributed by atoms with van der Waals surface area (Å²) < 4.78 is 17.1. The molecule has 3 nitrogen and oxygen atoms in total. The molecule has 0 bridgehead atoms. The van der Waals surface area contributed by atoms with Gasteiger partial charge in [-0.1, -0.05) is 0 Å². The number of hydrogen-bond donors (Lipinski definition) is 0. The van der Waals surface area contributed by atoms with Gasteiger partial charge < -0.3 is 4.57 Å². The molecule has 3 rings (SSSR count). The van der Waals surface area contributed by atoms with Crippen LogP contribution in [0, 0.1) is 12.7 Å². The maximum absolute atomic E-state index is 13.1. The van der Waals surface area contributed by atoms with Gasteiger partial charge in [-0.3, -0.25) is 4.68 Å². The summed E-state index contributed by atoms with van der Waals surface area (Å²) in [6.07, 6.45) is 1.98. The van der Waals surface area contributed by atoms with Gasteiger partial charge in [0.2, 0.25) is 0 Å². The van der Waals surface area contributed by atoms with E-state index >= 15 is 0 Å². The standard InChI is InChI=1S/C14H14FN3/c1-10-7-13(17(2)16-10)9-18-6-5-11-8-12(15)3-4-14(11)18/h3-8H,9H2,1-2H3. The Labute approximate surface area is 104 Å². The summed E-state index contributed by atoms with van der Waals surface area (Å²) in [7, 11) is 1.94. The zero-order chi connectivity index (χ0) is 12.7. The average Bonchev–Trinajstić information content (AvgIpc) is 2.84. The summed E-state index contributed by atoms with van der Waals surface area (Å²) in [5.74, 6) is -0.198. The Hall–Kier alpha value is -2.10. The molecule has 0 fully saturated rings. The number of benzene rings is 1. The Balaban J connectivity index is 2.02. The number of fused-ring (bicyclic) bond motifs is 1. The van der Waals surface area contributed by atoms with Crippen molar-refractivity contribution in [1.82, 2.24) is 14.3 Å². The summed E-state index contributed by atoms with van der Waals surface area (Å²) in [5, 5.41) is 5.25. The normalized spacial score (nSPS) is 11.3. The van der Waals surface area contributed by atoms with Crippen LogP contribution in [0.15, 0.2) is 36.5 Å². The van der Waals surface area contributed by atoms with Gasteiger partial charge in [-0.15, -0.1) is 0 Å². The van der Waals surface area contributed by atoms with Gasteiger partial charge >= 0.3 is 0 Å². The molecule has 0 spiro atoms. The Morgan fingerprint density at radius 1 is 1.22 bits per heavy atom. The summed E-state index contributed by atoms with van der Waals surface area (Å²) in [6, 6.07) is 8.86. The van der Waals surface area contributed by atoms with Crippen LogP contribution >= 0.6 is 0 Å². The maximum Gasteiger partial charge on any atom is 0.123 e. The summed E-state index contributed by atoms with van der Waals surface area (Å²) in [6.45, 7) is 2.72. The molecular weight excluding hydrogens is 229 g/mol. The van der Waals surface area contributed by atoms with Gasteiger partial charge in [0, 0.05) is 24.1 Å². The van der Waals surface area contributed by atoms with E-state index in [-0.39, 0.29) is 5.82 Å². The zero-order valence-electron chi connectivity index (χ0n) is 10.4. The van der Waals surface area contributed by atoms with Crippen molar-refractivity contribution in [2.24, 2.45) is 7.05 Å². The molecule has 0 aliphatic carbocycles. The first-order valence-electron chi connectivity index (χ1n) is 5.87. The summed E-state index contributed by atoms with van der Waals surface area (Å²) >= 11 is 0. The van der Waals surface area contributed by atoms with Crippen molar-refractivity contribution in [2.75, 3.05) is 0 Å². The Morgan fingerprint density at radius 3 is 2.78 bits per heavy atom. The lowest BCUT2D eigenvalue weighted by molar-refractivity contribution is 0.629. The van der Waals surface area contributed by atoms with E-state index in [2.05, 4.69) is 15.7 Å². The number of aryl methyl sites for hydroxylation is 2. The molecule has 18 heavy (non-hydrogen) atoms. The van der Waals surface area contributed by atoms with Crippen LogP contribution in [0.4, 0.5) is 4.39 Å². The first kappa shape index (κ1) is 11.0. The minimum atomic E-state index is -0.198. The molecular formula is C14H14FN3. The third-order valence-corrected chi connectivity index (χ3v) is 3.16. The van der Waals surface area contributed by atoms with Gasteiger partial charge in [0.15, 0.2) is 0 Å². The number of nitrogens with zero attached hydrogens (tertiary/aromatic N) is 3. The lowest BCUT2D eigenvalue weighted by atomic mass is 10.2. The lowest BCUT2D eigenvalue weighted by Gasteiger charge is -2.05. The van der Waals surface area contributed by atoms with Crippen molar-refractivity contribution in [1.29, 1.82) is 0 Å². The molecule has 0 saturated heterocycles. The fraction of sp³-hybridized carbons (Fsp3) is 0.214. The minimum Gasteiger partial charge on any atom is -0.341 e. The Morgan fingerprint density at radius 2 is 2.06 bits per heavy atom. The highest BCUT2D eigenvalue weighted by Gasteiger charge is 2.06. The van der Waals surface area contributed by atoms with Crippen molar-refractivity contribution < 1.29 is 4.39 Å². The van der Waals surface area contributed by atoms with Crippen LogP contribution in [0.1, 0.15) is 11.4 Å². The van der Waals surface area contributed by atoms with E-state index in [9.17, 15) is 4.39 Å². The topological polar surface area (TPSA) is 22.8 Å². The molecule has 0 saturated carbocycles. The monoisotopic (exact) mass is 243 g/mol. The zero-order valence-corrected chi connectivity index (χ0v) is 10.4. The highest BCUT2D eigenvalue weighted by atomic mass is 19.1. The molecule has 1 aromatic carbocycles. The van der Waals surface area contributed by atoms with E-state index in [1.807, 2.05) is 37.0 Å². The maximum atomic E-state index is 13.1. The second-order valence-electron chi connectivity index (χ2n) is 4.55. The van der Waals surface area contributed by atoms with Gasteiger partial charge in [-0.25, -0.2) is 4.39 Å². The smallest absolute Gasteiger partial charge is 0.123 e. The summed E-state index contributed by atoms with van der Waals surface area (Å²) in [5.41, 5.74) is 3.18. The molecule has 0 radical (unpaired) electrons. The van der Waals surface area contributed by atoms with Crippen LogP contribution < -0.4 is 0 Å².